The quantitative estimate of drug-likeness (QED) is 0.857. The van der Waals surface area contributed by atoms with Crippen molar-refractivity contribution in [3.8, 4) is 11.8 Å². The third-order valence-electron chi connectivity index (χ3n) is 3.72. The fourth-order valence-corrected chi connectivity index (χ4v) is 3.86. The van der Waals surface area contributed by atoms with Crippen LogP contribution in [-0.2, 0) is 10.0 Å². The summed E-state index contributed by atoms with van der Waals surface area (Å²) in [6, 6.07) is 6.12. The minimum atomic E-state index is -3.68. The number of sulfonamides is 1. The molecule has 1 saturated heterocycles. The second-order valence-electron chi connectivity index (χ2n) is 5.18. The Labute approximate surface area is 137 Å². The number of nitriles is 1. The van der Waals surface area contributed by atoms with E-state index in [9.17, 15) is 8.42 Å². The summed E-state index contributed by atoms with van der Waals surface area (Å²) < 4.78 is 32.9. The van der Waals surface area contributed by atoms with E-state index in [4.69, 9.17) is 10.00 Å². The minimum Gasteiger partial charge on any atom is -0.495 e. The van der Waals surface area contributed by atoms with Crippen LogP contribution in [0, 0.1) is 17.2 Å². The maximum absolute atomic E-state index is 12.5. The van der Waals surface area contributed by atoms with Crippen LogP contribution < -0.4 is 14.8 Å². The molecule has 1 aliphatic heterocycles. The molecule has 1 aromatic rings. The van der Waals surface area contributed by atoms with Crippen LogP contribution in [0.3, 0.4) is 0 Å². The zero-order chi connectivity index (χ0) is 15.5. The number of methoxy groups -OCH3 is 1. The first-order valence-electron chi connectivity index (χ1n) is 6.79. The maximum Gasteiger partial charge on any atom is 0.244 e. The van der Waals surface area contributed by atoms with Crippen molar-refractivity contribution in [1.82, 2.24) is 10.0 Å². The van der Waals surface area contributed by atoms with Crippen molar-refractivity contribution in [3.63, 3.8) is 0 Å². The van der Waals surface area contributed by atoms with Crippen molar-refractivity contribution in [3.05, 3.63) is 23.8 Å². The second kappa shape index (κ2) is 7.79. The Bertz CT molecular complexity index is 658. The van der Waals surface area contributed by atoms with Gasteiger partial charge in [0.25, 0.3) is 0 Å². The summed E-state index contributed by atoms with van der Waals surface area (Å²) in [5, 5.41) is 12.1. The molecule has 1 aromatic carbocycles. The monoisotopic (exact) mass is 345 g/mol. The summed E-state index contributed by atoms with van der Waals surface area (Å²) in [4.78, 5) is 0.0572. The van der Waals surface area contributed by atoms with Gasteiger partial charge in [0.05, 0.1) is 18.7 Å². The molecule has 122 valence electrons. The van der Waals surface area contributed by atoms with Crippen molar-refractivity contribution < 1.29 is 13.2 Å². The molecule has 0 radical (unpaired) electrons. The van der Waals surface area contributed by atoms with Crippen molar-refractivity contribution in [2.24, 2.45) is 5.92 Å². The number of nitrogens with one attached hydrogen (secondary N) is 2. The van der Waals surface area contributed by atoms with Crippen LogP contribution in [0.5, 0.6) is 5.75 Å². The van der Waals surface area contributed by atoms with E-state index in [1.807, 2.05) is 13.0 Å². The van der Waals surface area contributed by atoms with Crippen molar-refractivity contribution in [2.75, 3.05) is 20.2 Å². The highest BCUT2D eigenvalue weighted by atomic mass is 35.5. The molecule has 8 heteroatoms. The summed E-state index contributed by atoms with van der Waals surface area (Å²) in [5.74, 6) is 0.448. The molecule has 0 aromatic heterocycles. The molecule has 1 aliphatic rings. The first kappa shape index (κ1) is 18.7. The molecule has 0 amide bonds. The zero-order valence-corrected chi connectivity index (χ0v) is 14.1. The summed E-state index contributed by atoms with van der Waals surface area (Å²) in [7, 11) is -2.30. The van der Waals surface area contributed by atoms with E-state index < -0.39 is 10.0 Å². The van der Waals surface area contributed by atoms with Crippen LogP contribution in [0.4, 0.5) is 0 Å². The average Bonchev–Trinajstić information content (AvgIpc) is 2.48. The smallest absolute Gasteiger partial charge is 0.244 e. The number of halogens is 1. The average molecular weight is 346 g/mol. The lowest BCUT2D eigenvalue weighted by atomic mass is 9.96. The highest BCUT2D eigenvalue weighted by Gasteiger charge is 2.28. The Morgan fingerprint density at radius 2 is 2.18 bits per heavy atom. The first-order valence-corrected chi connectivity index (χ1v) is 8.27. The van der Waals surface area contributed by atoms with Gasteiger partial charge in [-0.05, 0) is 37.1 Å². The van der Waals surface area contributed by atoms with E-state index in [0.29, 0.717) is 12.1 Å². The van der Waals surface area contributed by atoms with Crippen molar-refractivity contribution >= 4 is 22.4 Å². The Hall–Kier alpha value is -1.33. The summed E-state index contributed by atoms with van der Waals surface area (Å²) in [6.07, 6.45) is 0.928. The fraction of sp³-hybridized carbons (Fsp3) is 0.500. The van der Waals surface area contributed by atoms with Gasteiger partial charge < -0.3 is 10.1 Å². The number of nitrogens with zero attached hydrogens (tertiary/aromatic N) is 1. The SMILES string of the molecule is COc1cc(C#N)ccc1S(=O)(=O)NC1CNCCC1C.Cl. The number of hydrogen-bond donors (Lipinski definition) is 2. The van der Waals surface area contributed by atoms with Gasteiger partial charge in [0.15, 0.2) is 0 Å². The van der Waals surface area contributed by atoms with Gasteiger partial charge in [-0.1, -0.05) is 6.92 Å². The predicted molar refractivity (Wildman–Crippen MR) is 85.7 cm³/mol. The molecular weight excluding hydrogens is 326 g/mol. The Balaban J connectivity index is 0.00000242. The van der Waals surface area contributed by atoms with Crippen LogP contribution in [-0.4, -0.2) is 34.7 Å². The van der Waals surface area contributed by atoms with Crippen LogP contribution in [0.2, 0.25) is 0 Å². The van der Waals surface area contributed by atoms with E-state index in [-0.39, 0.29) is 35.0 Å². The molecule has 1 heterocycles. The molecule has 0 spiro atoms. The van der Waals surface area contributed by atoms with Gasteiger partial charge >= 0.3 is 0 Å². The number of piperidine rings is 1. The van der Waals surface area contributed by atoms with E-state index in [0.717, 1.165) is 13.0 Å². The molecule has 0 bridgehead atoms. The Morgan fingerprint density at radius 1 is 1.45 bits per heavy atom. The zero-order valence-electron chi connectivity index (χ0n) is 12.5. The predicted octanol–water partition coefficient (Wildman–Crippen LogP) is 1.26. The van der Waals surface area contributed by atoms with Gasteiger partial charge in [0.2, 0.25) is 10.0 Å². The minimum absolute atomic E-state index is 0. The Kier molecular flexibility index (Phi) is 6.63. The molecule has 2 rings (SSSR count). The third kappa shape index (κ3) is 4.11. The second-order valence-corrected chi connectivity index (χ2v) is 6.86. The van der Waals surface area contributed by atoms with Gasteiger partial charge in [0, 0.05) is 12.6 Å². The van der Waals surface area contributed by atoms with Crippen LogP contribution in [0.1, 0.15) is 18.9 Å². The van der Waals surface area contributed by atoms with Crippen molar-refractivity contribution in [1.29, 1.82) is 5.26 Å². The topological polar surface area (TPSA) is 91.2 Å². The lowest BCUT2D eigenvalue weighted by Gasteiger charge is -2.30. The highest BCUT2D eigenvalue weighted by Crippen LogP contribution is 2.25. The molecule has 2 unspecified atom stereocenters. The lowest BCUT2D eigenvalue weighted by Crippen LogP contribution is -2.50. The molecule has 22 heavy (non-hydrogen) atoms. The van der Waals surface area contributed by atoms with Gasteiger partial charge in [0.1, 0.15) is 10.6 Å². The number of hydrogen-bond acceptors (Lipinski definition) is 5. The van der Waals surface area contributed by atoms with Gasteiger partial charge in [-0.25, -0.2) is 13.1 Å². The van der Waals surface area contributed by atoms with E-state index >= 15 is 0 Å². The normalized spacial score (nSPS) is 21.5. The molecule has 0 saturated carbocycles. The molecule has 1 fully saturated rings. The standard InChI is InChI=1S/C14H19N3O3S.ClH/c1-10-5-6-16-9-12(10)17-21(18,19)14-4-3-11(8-15)7-13(14)20-2;/h3-4,7,10,12,16-17H,5-6,9H2,1-2H3;1H. The maximum atomic E-state index is 12.5. The molecule has 6 nitrogen and oxygen atoms in total. The molecule has 2 N–H and O–H groups in total. The van der Waals surface area contributed by atoms with Gasteiger partial charge in [-0.2, -0.15) is 5.26 Å². The summed E-state index contributed by atoms with van der Waals surface area (Å²) in [5.41, 5.74) is 0.360. The van der Waals surface area contributed by atoms with Crippen molar-refractivity contribution in [2.45, 2.75) is 24.3 Å². The molecular formula is C14H20ClN3O3S. The highest BCUT2D eigenvalue weighted by molar-refractivity contribution is 7.89. The van der Waals surface area contributed by atoms with Crippen LogP contribution in [0.25, 0.3) is 0 Å². The van der Waals surface area contributed by atoms with Crippen LogP contribution >= 0.6 is 12.4 Å². The Morgan fingerprint density at radius 3 is 2.77 bits per heavy atom. The lowest BCUT2D eigenvalue weighted by molar-refractivity contribution is 0.326. The number of ether oxygens (including phenoxy) is 1. The van der Waals surface area contributed by atoms with Gasteiger partial charge in [-0.15, -0.1) is 12.4 Å². The first-order chi connectivity index (χ1) is 9.97. The van der Waals surface area contributed by atoms with Crippen LogP contribution in [0.15, 0.2) is 23.1 Å². The van der Waals surface area contributed by atoms with E-state index in [1.54, 1.807) is 0 Å². The van der Waals surface area contributed by atoms with Gasteiger partial charge in [-0.3, -0.25) is 0 Å². The van der Waals surface area contributed by atoms with E-state index in [1.165, 1.54) is 25.3 Å². The molecule has 0 aliphatic carbocycles. The van der Waals surface area contributed by atoms with E-state index in [2.05, 4.69) is 10.0 Å². The largest absolute Gasteiger partial charge is 0.495 e. The molecule has 2 atom stereocenters. The summed E-state index contributed by atoms with van der Waals surface area (Å²) in [6.45, 7) is 3.54. The third-order valence-corrected chi connectivity index (χ3v) is 5.25. The number of benzene rings is 1. The summed E-state index contributed by atoms with van der Waals surface area (Å²) >= 11 is 0. The number of rotatable bonds is 4. The fourth-order valence-electron chi connectivity index (χ4n) is 2.37.